The number of hydrogen-bond donors (Lipinski definition) is 3. The molecular weight excluding hydrogens is 244 g/mol. The maximum atomic E-state index is 11.8. The van der Waals surface area contributed by atoms with Crippen LogP contribution in [0.5, 0.6) is 0 Å². The zero-order chi connectivity index (χ0) is 14.1. The lowest BCUT2D eigenvalue weighted by molar-refractivity contribution is 0.158. The fraction of sp³-hybridized carbons (Fsp3) is 0.500. The first kappa shape index (κ1) is 15.5. The van der Waals surface area contributed by atoms with Crippen molar-refractivity contribution in [2.45, 2.75) is 13.3 Å². The Kier molecular flexibility index (Phi) is 6.92. The Morgan fingerprint density at radius 3 is 2.42 bits per heavy atom. The van der Waals surface area contributed by atoms with E-state index in [1.54, 1.807) is 0 Å². The van der Waals surface area contributed by atoms with Gasteiger partial charge in [0.05, 0.1) is 13.2 Å². The third-order valence-electron chi connectivity index (χ3n) is 2.96. The quantitative estimate of drug-likeness (QED) is 0.674. The van der Waals surface area contributed by atoms with Crippen LogP contribution in [0, 0.1) is 6.92 Å². The van der Waals surface area contributed by atoms with Gasteiger partial charge in [0.15, 0.2) is 0 Å². The zero-order valence-corrected chi connectivity index (χ0v) is 11.3. The van der Waals surface area contributed by atoms with Crippen LogP contribution in [0.1, 0.15) is 11.1 Å². The van der Waals surface area contributed by atoms with E-state index in [4.69, 9.17) is 10.2 Å². The number of hydrogen-bond acceptors (Lipinski definition) is 3. The van der Waals surface area contributed by atoms with Gasteiger partial charge < -0.3 is 20.4 Å². The number of aryl methyl sites for hydroxylation is 1. The normalized spacial score (nSPS) is 10.3. The highest BCUT2D eigenvalue weighted by molar-refractivity contribution is 5.74. The first-order chi connectivity index (χ1) is 9.19. The molecule has 0 saturated heterocycles. The predicted molar refractivity (Wildman–Crippen MR) is 74.0 cm³/mol. The minimum Gasteiger partial charge on any atom is -0.395 e. The van der Waals surface area contributed by atoms with E-state index in [2.05, 4.69) is 5.32 Å². The van der Waals surface area contributed by atoms with Gasteiger partial charge in [-0.15, -0.1) is 0 Å². The molecule has 0 spiro atoms. The molecule has 0 heterocycles. The minimum atomic E-state index is -0.253. The van der Waals surface area contributed by atoms with Gasteiger partial charge in [-0.1, -0.05) is 24.3 Å². The molecule has 0 radical (unpaired) electrons. The van der Waals surface area contributed by atoms with Crippen LogP contribution in [0.2, 0.25) is 0 Å². The minimum absolute atomic E-state index is 0.106. The third-order valence-corrected chi connectivity index (χ3v) is 2.96. The number of urea groups is 1. The fourth-order valence-electron chi connectivity index (χ4n) is 1.86. The standard InChI is InChI=1S/C14H22N2O3/c1-12-4-2-3-5-13(12)6-7-15-14(19)16(8-10-17)9-11-18/h2-5,17-18H,6-11H2,1H3,(H,15,19). The van der Waals surface area contributed by atoms with E-state index in [1.165, 1.54) is 16.0 Å². The Hall–Kier alpha value is -1.59. The maximum Gasteiger partial charge on any atom is 0.317 e. The third kappa shape index (κ3) is 5.28. The second-order valence-corrected chi connectivity index (χ2v) is 4.34. The summed E-state index contributed by atoms with van der Waals surface area (Å²) in [4.78, 5) is 13.2. The summed E-state index contributed by atoms with van der Waals surface area (Å²) in [5.74, 6) is 0. The van der Waals surface area contributed by atoms with Crippen LogP contribution in [0.15, 0.2) is 24.3 Å². The van der Waals surface area contributed by atoms with Gasteiger partial charge in [-0.3, -0.25) is 0 Å². The highest BCUT2D eigenvalue weighted by Crippen LogP contribution is 2.06. The van der Waals surface area contributed by atoms with Gasteiger partial charge in [0.2, 0.25) is 0 Å². The summed E-state index contributed by atoms with van der Waals surface area (Å²) in [6.07, 6.45) is 0.768. The number of nitrogens with one attached hydrogen (secondary N) is 1. The molecule has 0 aromatic heterocycles. The van der Waals surface area contributed by atoms with Crippen LogP contribution >= 0.6 is 0 Å². The second kappa shape index (κ2) is 8.50. The number of amides is 2. The summed E-state index contributed by atoms with van der Waals surface area (Å²) in [5.41, 5.74) is 2.41. The summed E-state index contributed by atoms with van der Waals surface area (Å²) < 4.78 is 0. The van der Waals surface area contributed by atoms with Gasteiger partial charge in [0, 0.05) is 19.6 Å². The Bertz CT molecular complexity index is 390. The van der Waals surface area contributed by atoms with Crippen molar-refractivity contribution in [3.63, 3.8) is 0 Å². The average molecular weight is 266 g/mol. The molecule has 0 atom stereocenters. The molecule has 0 saturated carbocycles. The zero-order valence-electron chi connectivity index (χ0n) is 11.3. The van der Waals surface area contributed by atoms with Gasteiger partial charge in [-0.05, 0) is 24.5 Å². The SMILES string of the molecule is Cc1ccccc1CCNC(=O)N(CCO)CCO. The van der Waals surface area contributed by atoms with Gasteiger partial charge in [-0.25, -0.2) is 4.79 Å². The molecule has 0 bridgehead atoms. The number of nitrogens with zero attached hydrogens (tertiary/aromatic N) is 1. The van der Waals surface area contributed by atoms with Crippen LogP contribution in [-0.4, -0.2) is 54.0 Å². The van der Waals surface area contributed by atoms with Crippen molar-refractivity contribution < 1.29 is 15.0 Å². The van der Waals surface area contributed by atoms with E-state index in [9.17, 15) is 4.79 Å². The molecule has 2 amide bonds. The van der Waals surface area contributed by atoms with E-state index in [0.29, 0.717) is 6.54 Å². The van der Waals surface area contributed by atoms with E-state index in [0.717, 1.165) is 6.42 Å². The van der Waals surface area contributed by atoms with Crippen molar-refractivity contribution in [2.75, 3.05) is 32.8 Å². The van der Waals surface area contributed by atoms with Crippen LogP contribution < -0.4 is 5.32 Å². The lowest BCUT2D eigenvalue weighted by atomic mass is 10.1. The number of benzene rings is 1. The molecule has 1 aromatic rings. The molecule has 5 heteroatoms. The Labute approximate surface area is 113 Å². The number of rotatable bonds is 7. The van der Waals surface area contributed by atoms with Gasteiger partial charge in [0.1, 0.15) is 0 Å². The number of carbonyl (C=O) groups excluding carboxylic acids is 1. The van der Waals surface area contributed by atoms with Crippen molar-refractivity contribution in [3.8, 4) is 0 Å². The van der Waals surface area contributed by atoms with Crippen molar-refractivity contribution >= 4 is 6.03 Å². The molecule has 19 heavy (non-hydrogen) atoms. The second-order valence-electron chi connectivity index (χ2n) is 4.34. The molecule has 0 aliphatic heterocycles. The van der Waals surface area contributed by atoms with E-state index < -0.39 is 0 Å². The molecule has 5 nitrogen and oxygen atoms in total. The van der Waals surface area contributed by atoms with E-state index in [-0.39, 0.29) is 32.3 Å². The lowest BCUT2D eigenvalue weighted by Crippen LogP contribution is -2.43. The smallest absolute Gasteiger partial charge is 0.317 e. The molecule has 1 rings (SSSR count). The molecule has 106 valence electrons. The molecule has 0 aliphatic rings. The van der Waals surface area contributed by atoms with Crippen molar-refractivity contribution in [3.05, 3.63) is 35.4 Å². The maximum absolute atomic E-state index is 11.8. The molecule has 0 unspecified atom stereocenters. The first-order valence-corrected chi connectivity index (χ1v) is 6.48. The summed E-state index contributed by atoms with van der Waals surface area (Å²) in [7, 11) is 0. The highest BCUT2D eigenvalue weighted by Gasteiger charge is 2.11. The van der Waals surface area contributed by atoms with E-state index in [1.807, 2.05) is 31.2 Å². The first-order valence-electron chi connectivity index (χ1n) is 6.48. The molecule has 0 aliphatic carbocycles. The monoisotopic (exact) mass is 266 g/mol. The highest BCUT2D eigenvalue weighted by atomic mass is 16.3. The number of aliphatic hydroxyl groups excluding tert-OH is 2. The predicted octanol–water partition coefficient (Wildman–Crippen LogP) is 0.534. The summed E-state index contributed by atoms with van der Waals surface area (Å²) in [5, 5.41) is 20.5. The lowest BCUT2D eigenvalue weighted by Gasteiger charge is -2.21. The van der Waals surface area contributed by atoms with Gasteiger partial charge in [0.25, 0.3) is 0 Å². The topological polar surface area (TPSA) is 72.8 Å². The van der Waals surface area contributed by atoms with Crippen LogP contribution in [0.3, 0.4) is 0 Å². The fourth-order valence-corrected chi connectivity index (χ4v) is 1.86. The van der Waals surface area contributed by atoms with Gasteiger partial charge in [-0.2, -0.15) is 0 Å². The summed E-state index contributed by atoms with van der Waals surface area (Å²) >= 11 is 0. The largest absolute Gasteiger partial charge is 0.395 e. The van der Waals surface area contributed by atoms with Crippen molar-refractivity contribution in [1.29, 1.82) is 0 Å². The Morgan fingerprint density at radius 1 is 1.21 bits per heavy atom. The Balaban J connectivity index is 2.39. The van der Waals surface area contributed by atoms with Crippen LogP contribution in [0.4, 0.5) is 4.79 Å². The van der Waals surface area contributed by atoms with Crippen LogP contribution in [0.25, 0.3) is 0 Å². The van der Waals surface area contributed by atoms with E-state index >= 15 is 0 Å². The average Bonchev–Trinajstić information content (AvgIpc) is 2.40. The summed E-state index contributed by atoms with van der Waals surface area (Å²) in [6.45, 7) is 2.84. The molecular formula is C14H22N2O3. The number of carbonyl (C=O) groups is 1. The van der Waals surface area contributed by atoms with Crippen molar-refractivity contribution in [1.82, 2.24) is 10.2 Å². The Morgan fingerprint density at radius 2 is 1.84 bits per heavy atom. The molecule has 0 fully saturated rings. The van der Waals surface area contributed by atoms with Crippen LogP contribution in [-0.2, 0) is 6.42 Å². The molecule has 3 N–H and O–H groups in total. The molecule has 1 aromatic carbocycles. The summed E-state index contributed by atoms with van der Waals surface area (Å²) in [6, 6.07) is 7.80. The van der Waals surface area contributed by atoms with Crippen molar-refractivity contribution in [2.24, 2.45) is 0 Å². The van der Waals surface area contributed by atoms with Gasteiger partial charge >= 0.3 is 6.03 Å². The number of aliphatic hydroxyl groups is 2.